The van der Waals surface area contributed by atoms with Crippen molar-refractivity contribution in [1.29, 1.82) is 0 Å². The Kier molecular flexibility index (Phi) is 4.63. The molecule has 5 heteroatoms. The third-order valence-electron chi connectivity index (χ3n) is 5.07. The first-order valence-corrected chi connectivity index (χ1v) is 9.55. The summed E-state index contributed by atoms with van der Waals surface area (Å²) in [6.07, 6.45) is 5.92. The number of thiazole rings is 1. The molecule has 1 aromatic carbocycles. The summed E-state index contributed by atoms with van der Waals surface area (Å²) in [5.41, 5.74) is 2.70. The number of ether oxygens (including phenoxy) is 1. The second kappa shape index (κ2) is 7.03. The average Bonchev–Trinajstić information content (AvgIpc) is 3.32. The molecule has 24 heavy (non-hydrogen) atoms. The monoisotopic (exact) mass is 342 g/mol. The van der Waals surface area contributed by atoms with E-state index in [2.05, 4.69) is 34.1 Å². The highest BCUT2D eigenvalue weighted by atomic mass is 32.1. The van der Waals surface area contributed by atoms with E-state index in [0.29, 0.717) is 19.8 Å². The molecule has 2 aromatic rings. The van der Waals surface area contributed by atoms with Crippen LogP contribution < -0.4 is 0 Å². The first-order valence-electron chi connectivity index (χ1n) is 8.67. The van der Waals surface area contributed by atoms with Gasteiger partial charge in [0.15, 0.2) is 0 Å². The molecule has 0 unspecified atom stereocenters. The maximum absolute atomic E-state index is 13.2. The van der Waals surface area contributed by atoms with Gasteiger partial charge in [-0.15, -0.1) is 11.3 Å². The molecule has 126 valence electrons. The van der Waals surface area contributed by atoms with E-state index >= 15 is 0 Å². The third kappa shape index (κ3) is 3.10. The summed E-state index contributed by atoms with van der Waals surface area (Å²) in [7, 11) is 0. The molecule has 0 N–H and O–H groups in total. The number of hydrogen-bond donors (Lipinski definition) is 0. The summed E-state index contributed by atoms with van der Waals surface area (Å²) in [6, 6.07) is 8.73. The van der Waals surface area contributed by atoms with E-state index in [1.54, 1.807) is 11.3 Å². The molecule has 2 heterocycles. The second-order valence-electron chi connectivity index (χ2n) is 6.56. The average molecular weight is 342 g/mol. The van der Waals surface area contributed by atoms with Crippen molar-refractivity contribution in [2.24, 2.45) is 5.92 Å². The molecular weight excluding hydrogens is 320 g/mol. The van der Waals surface area contributed by atoms with Gasteiger partial charge in [-0.1, -0.05) is 24.3 Å². The predicted molar refractivity (Wildman–Crippen MR) is 93.7 cm³/mol. The quantitative estimate of drug-likeness (QED) is 0.853. The van der Waals surface area contributed by atoms with Crippen LogP contribution >= 0.6 is 11.3 Å². The molecule has 0 radical (unpaired) electrons. The Hall–Kier alpha value is -1.72. The number of carbonyl (C=O) groups is 1. The van der Waals surface area contributed by atoms with Crippen LogP contribution in [0.2, 0.25) is 0 Å². The van der Waals surface area contributed by atoms with E-state index in [9.17, 15) is 4.79 Å². The minimum atomic E-state index is -0.000879. The van der Waals surface area contributed by atoms with Gasteiger partial charge < -0.3 is 9.64 Å². The van der Waals surface area contributed by atoms with Crippen LogP contribution in [-0.2, 0) is 22.5 Å². The fraction of sp³-hybridized carbons (Fsp3) is 0.474. The Balaban J connectivity index is 1.66. The summed E-state index contributed by atoms with van der Waals surface area (Å²) in [5, 5.41) is 2.98. The Bertz CT molecular complexity index is 695. The van der Waals surface area contributed by atoms with Crippen molar-refractivity contribution >= 4 is 17.2 Å². The van der Waals surface area contributed by atoms with Gasteiger partial charge in [-0.05, 0) is 36.8 Å². The van der Waals surface area contributed by atoms with E-state index in [4.69, 9.17) is 4.74 Å². The first kappa shape index (κ1) is 15.8. The number of rotatable bonds is 4. The molecule has 0 saturated carbocycles. The van der Waals surface area contributed by atoms with Crippen LogP contribution in [-0.4, -0.2) is 29.0 Å². The number of fused-ring (bicyclic) bond motifs is 1. The maximum Gasteiger partial charge on any atom is 0.228 e. The molecule has 2 atom stereocenters. The van der Waals surface area contributed by atoms with Crippen LogP contribution in [0.4, 0.5) is 0 Å². The molecular formula is C19H22N2O2S. The van der Waals surface area contributed by atoms with Gasteiger partial charge in [0, 0.05) is 18.2 Å². The Morgan fingerprint density at radius 1 is 1.33 bits per heavy atom. The van der Waals surface area contributed by atoms with E-state index in [1.807, 2.05) is 11.6 Å². The van der Waals surface area contributed by atoms with Gasteiger partial charge in [0.05, 0.1) is 25.1 Å². The second-order valence-corrected chi connectivity index (χ2v) is 7.54. The van der Waals surface area contributed by atoms with Crippen molar-refractivity contribution in [3.05, 3.63) is 52.0 Å². The van der Waals surface area contributed by atoms with Crippen LogP contribution in [0, 0.1) is 5.92 Å². The zero-order valence-corrected chi connectivity index (χ0v) is 14.5. The molecule has 1 fully saturated rings. The van der Waals surface area contributed by atoms with Gasteiger partial charge in [0.2, 0.25) is 5.91 Å². The van der Waals surface area contributed by atoms with Crippen LogP contribution in [0.15, 0.2) is 35.8 Å². The van der Waals surface area contributed by atoms with Gasteiger partial charge in [-0.3, -0.25) is 4.79 Å². The van der Waals surface area contributed by atoms with Crippen molar-refractivity contribution in [3.63, 3.8) is 0 Å². The van der Waals surface area contributed by atoms with Crippen molar-refractivity contribution in [2.75, 3.05) is 13.2 Å². The smallest absolute Gasteiger partial charge is 0.228 e. The maximum atomic E-state index is 13.2. The summed E-state index contributed by atoms with van der Waals surface area (Å²) in [4.78, 5) is 19.7. The van der Waals surface area contributed by atoms with Gasteiger partial charge in [-0.25, -0.2) is 4.98 Å². The number of hydrogen-bond acceptors (Lipinski definition) is 4. The number of benzene rings is 1. The number of nitrogens with zero attached hydrogens (tertiary/aromatic N) is 2. The lowest BCUT2D eigenvalue weighted by Gasteiger charge is -2.36. The fourth-order valence-corrected chi connectivity index (χ4v) is 4.45. The number of carbonyl (C=O) groups excluding carboxylic acids is 1. The highest BCUT2D eigenvalue weighted by Gasteiger charge is 2.35. The standard InChI is InChI=1S/C19H22N2O2S/c22-19(15-8-10-23-13-15)21(12-18-20-9-11-24-18)17-7-3-5-14-4-1-2-6-16(14)17/h1-2,4,6,9,11,15,17H,3,5,7-8,10,12-13H2/t15-,17-/m1/s1. The Labute approximate surface area is 146 Å². The minimum Gasteiger partial charge on any atom is -0.381 e. The number of aryl methyl sites for hydroxylation is 1. The van der Waals surface area contributed by atoms with Crippen molar-refractivity contribution < 1.29 is 9.53 Å². The molecule has 2 aliphatic rings. The van der Waals surface area contributed by atoms with Crippen molar-refractivity contribution in [2.45, 2.75) is 38.3 Å². The lowest BCUT2D eigenvalue weighted by atomic mass is 9.86. The van der Waals surface area contributed by atoms with Gasteiger partial charge >= 0.3 is 0 Å². The zero-order valence-electron chi connectivity index (χ0n) is 13.7. The Morgan fingerprint density at radius 3 is 3.04 bits per heavy atom. The summed E-state index contributed by atoms with van der Waals surface area (Å²) in [5.74, 6) is 0.225. The highest BCUT2D eigenvalue weighted by Crippen LogP contribution is 2.36. The predicted octanol–water partition coefficient (Wildman–Crippen LogP) is 3.59. The molecule has 1 amide bonds. The zero-order chi connectivity index (χ0) is 16.4. The molecule has 4 nitrogen and oxygen atoms in total. The highest BCUT2D eigenvalue weighted by molar-refractivity contribution is 7.09. The third-order valence-corrected chi connectivity index (χ3v) is 5.83. The molecule has 1 aromatic heterocycles. The van der Waals surface area contributed by atoms with E-state index in [0.717, 1.165) is 30.7 Å². The minimum absolute atomic E-state index is 0.000879. The summed E-state index contributed by atoms with van der Waals surface area (Å²) >= 11 is 1.62. The van der Waals surface area contributed by atoms with E-state index < -0.39 is 0 Å². The molecule has 1 saturated heterocycles. The molecule has 1 aliphatic carbocycles. The van der Waals surface area contributed by atoms with Gasteiger partial charge in [0.25, 0.3) is 0 Å². The van der Waals surface area contributed by atoms with E-state index in [1.165, 1.54) is 11.1 Å². The summed E-state index contributed by atoms with van der Waals surface area (Å²) < 4.78 is 5.46. The number of amides is 1. The summed E-state index contributed by atoms with van der Waals surface area (Å²) in [6.45, 7) is 1.86. The van der Waals surface area contributed by atoms with Gasteiger partial charge in [0.1, 0.15) is 5.01 Å². The topological polar surface area (TPSA) is 42.4 Å². The SMILES string of the molecule is O=C([C@@H]1CCOC1)N(Cc1nccs1)[C@@H]1CCCc2ccccc21. The molecule has 0 bridgehead atoms. The molecule has 4 rings (SSSR count). The van der Waals surface area contributed by atoms with Crippen LogP contribution in [0.25, 0.3) is 0 Å². The molecule has 1 aliphatic heterocycles. The largest absolute Gasteiger partial charge is 0.381 e. The van der Waals surface area contributed by atoms with Gasteiger partial charge in [-0.2, -0.15) is 0 Å². The van der Waals surface area contributed by atoms with Crippen molar-refractivity contribution in [1.82, 2.24) is 9.88 Å². The first-order chi connectivity index (χ1) is 11.8. The molecule has 0 spiro atoms. The van der Waals surface area contributed by atoms with E-state index in [-0.39, 0.29) is 17.9 Å². The lowest BCUT2D eigenvalue weighted by molar-refractivity contribution is -0.139. The normalized spacial score (nSPS) is 23.0. The van der Waals surface area contributed by atoms with Crippen LogP contribution in [0.5, 0.6) is 0 Å². The number of aromatic nitrogens is 1. The Morgan fingerprint density at radius 2 is 2.25 bits per heavy atom. The van der Waals surface area contributed by atoms with Crippen molar-refractivity contribution in [3.8, 4) is 0 Å². The lowest BCUT2D eigenvalue weighted by Crippen LogP contribution is -2.40. The van der Waals surface area contributed by atoms with Crippen LogP contribution in [0.3, 0.4) is 0 Å². The fourth-order valence-electron chi connectivity index (χ4n) is 3.83. The van der Waals surface area contributed by atoms with Crippen LogP contribution in [0.1, 0.15) is 41.4 Å².